The average molecular weight is 275 g/mol. The Balaban J connectivity index is 1.89. The van der Waals surface area contributed by atoms with E-state index in [4.69, 9.17) is 12.2 Å². The van der Waals surface area contributed by atoms with Crippen molar-refractivity contribution in [3.8, 4) is 11.4 Å². The van der Waals surface area contributed by atoms with Gasteiger partial charge in [0.25, 0.3) is 0 Å². The largest absolute Gasteiger partial charge is 0.306 e. The number of nitrogens with one attached hydrogen (secondary N) is 1. The molecule has 2 aromatic rings. The molecular formula is C13H17N5S. The minimum absolute atomic E-state index is 0.643. The predicted octanol–water partition coefficient (Wildman–Crippen LogP) is 1.95. The molecule has 1 saturated heterocycles. The molecule has 1 aliphatic rings. The molecule has 1 aliphatic heterocycles. The van der Waals surface area contributed by atoms with Gasteiger partial charge in [0.05, 0.1) is 0 Å². The Morgan fingerprint density at radius 2 is 2.42 bits per heavy atom. The minimum Gasteiger partial charge on any atom is -0.306 e. The van der Waals surface area contributed by atoms with Crippen molar-refractivity contribution in [2.24, 2.45) is 5.92 Å². The van der Waals surface area contributed by atoms with E-state index in [1.165, 1.54) is 6.42 Å². The Hall–Kier alpha value is -1.53. The van der Waals surface area contributed by atoms with Gasteiger partial charge in [-0.1, -0.05) is 0 Å². The number of H-pyrrole nitrogens is 1. The van der Waals surface area contributed by atoms with Crippen molar-refractivity contribution in [2.45, 2.75) is 13.0 Å². The standard InChI is InChI=1S/C13H17N5S/c1-17-6-4-10(8-17)9-18-12(15-16-13(18)19)11-3-2-5-14-7-11/h2-3,5,7,10H,4,6,8-9H2,1H3,(H,16,19). The van der Waals surface area contributed by atoms with E-state index in [-0.39, 0.29) is 0 Å². The predicted molar refractivity (Wildman–Crippen MR) is 76.2 cm³/mol. The Morgan fingerprint density at radius 3 is 3.11 bits per heavy atom. The first-order valence-corrected chi connectivity index (χ1v) is 6.89. The van der Waals surface area contributed by atoms with Crippen LogP contribution in [-0.2, 0) is 6.54 Å². The number of aromatic nitrogens is 4. The summed E-state index contributed by atoms with van der Waals surface area (Å²) < 4.78 is 2.78. The van der Waals surface area contributed by atoms with Crippen LogP contribution in [0.25, 0.3) is 11.4 Å². The van der Waals surface area contributed by atoms with E-state index in [1.807, 2.05) is 18.3 Å². The third kappa shape index (κ3) is 2.59. The first-order valence-electron chi connectivity index (χ1n) is 6.48. The molecule has 6 heteroatoms. The van der Waals surface area contributed by atoms with Crippen LogP contribution in [0.4, 0.5) is 0 Å². The van der Waals surface area contributed by atoms with Gasteiger partial charge in [-0.15, -0.1) is 0 Å². The quantitative estimate of drug-likeness (QED) is 0.870. The molecule has 1 atom stereocenters. The van der Waals surface area contributed by atoms with E-state index >= 15 is 0 Å². The number of hydrogen-bond acceptors (Lipinski definition) is 4. The Kier molecular flexibility index (Phi) is 3.44. The van der Waals surface area contributed by atoms with Crippen LogP contribution < -0.4 is 0 Å². The van der Waals surface area contributed by atoms with Gasteiger partial charge in [0.2, 0.25) is 0 Å². The van der Waals surface area contributed by atoms with Gasteiger partial charge in [-0.05, 0) is 50.3 Å². The van der Waals surface area contributed by atoms with Crippen LogP contribution in [0.5, 0.6) is 0 Å². The molecule has 100 valence electrons. The summed E-state index contributed by atoms with van der Waals surface area (Å²) >= 11 is 5.35. The SMILES string of the molecule is CN1CCC(Cn2c(-c3cccnc3)n[nH]c2=S)C1. The maximum atomic E-state index is 5.35. The molecule has 0 aromatic carbocycles. The number of pyridine rings is 1. The monoisotopic (exact) mass is 275 g/mol. The summed E-state index contributed by atoms with van der Waals surface area (Å²) in [6.45, 7) is 3.21. The maximum Gasteiger partial charge on any atom is 0.195 e. The van der Waals surface area contributed by atoms with Crippen molar-refractivity contribution >= 4 is 12.2 Å². The highest BCUT2D eigenvalue weighted by molar-refractivity contribution is 7.71. The molecule has 0 spiro atoms. The lowest BCUT2D eigenvalue weighted by Crippen LogP contribution is -2.17. The summed E-state index contributed by atoms with van der Waals surface area (Å²) in [5, 5.41) is 7.23. The van der Waals surface area contributed by atoms with Crippen LogP contribution >= 0.6 is 12.2 Å². The van der Waals surface area contributed by atoms with Crippen molar-refractivity contribution in [3.63, 3.8) is 0 Å². The maximum absolute atomic E-state index is 5.35. The molecule has 2 aromatic heterocycles. The van der Waals surface area contributed by atoms with Gasteiger partial charge in [0.1, 0.15) is 0 Å². The van der Waals surface area contributed by atoms with Crippen LogP contribution in [0.2, 0.25) is 0 Å². The smallest absolute Gasteiger partial charge is 0.195 e. The van der Waals surface area contributed by atoms with Crippen LogP contribution in [0.1, 0.15) is 6.42 Å². The Bertz CT molecular complexity index is 603. The van der Waals surface area contributed by atoms with Crippen molar-refractivity contribution in [1.82, 2.24) is 24.6 Å². The van der Waals surface area contributed by atoms with Crippen molar-refractivity contribution in [1.29, 1.82) is 0 Å². The second kappa shape index (κ2) is 5.22. The van der Waals surface area contributed by atoms with E-state index in [0.717, 1.165) is 31.0 Å². The van der Waals surface area contributed by atoms with Crippen LogP contribution in [0.15, 0.2) is 24.5 Å². The van der Waals surface area contributed by atoms with Crippen molar-refractivity contribution in [3.05, 3.63) is 29.3 Å². The van der Waals surface area contributed by atoms with Gasteiger partial charge in [-0.3, -0.25) is 14.6 Å². The van der Waals surface area contributed by atoms with Crippen LogP contribution in [0, 0.1) is 10.7 Å². The summed E-state index contributed by atoms with van der Waals surface area (Å²) in [7, 11) is 2.16. The summed E-state index contributed by atoms with van der Waals surface area (Å²) in [6, 6.07) is 3.93. The molecule has 3 heterocycles. The Labute approximate surface area is 117 Å². The molecule has 0 radical (unpaired) electrons. The molecule has 0 bridgehead atoms. The van der Waals surface area contributed by atoms with Crippen LogP contribution in [-0.4, -0.2) is 44.8 Å². The zero-order chi connectivity index (χ0) is 13.2. The van der Waals surface area contributed by atoms with Crippen LogP contribution in [0.3, 0.4) is 0 Å². The van der Waals surface area contributed by atoms with Gasteiger partial charge in [0, 0.05) is 31.0 Å². The summed E-state index contributed by atoms with van der Waals surface area (Å²) in [4.78, 5) is 6.51. The zero-order valence-corrected chi connectivity index (χ0v) is 11.7. The molecule has 1 unspecified atom stereocenters. The third-order valence-corrected chi connectivity index (χ3v) is 3.92. The molecule has 1 N–H and O–H groups in total. The number of nitrogens with zero attached hydrogens (tertiary/aromatic N) is 4. The zero-order valence-electron chi connectivity index (χ0n) is 10.9. The first kappa shape index (κ1) is 12.5. The fraction of sp³-hybridized carbons (Fsp3) is 0.462. The van der Waals surface area contributed by atoms with E-state index in [9.17, 15) is 0 Å². The summed E-state index contributed by atoms with van der Waals surface area (Å²) in [5.74, 6) is 1.53. The fourth-order valence-corrected chi connectivity index (χ4v) is 2.84. The van der Waals surface area contributed by atoms with Gasteiger partial charge < -0.3 is 4.90 Å². The molecule has 0 amide bonds. The highest BCUT2D eigenvalue weighted by atomic mass is 32.1. The van der Waals surface area contributed by atoms with Crippen molar-refractivity contribution < 1.29 is 0 Å². The summed E-state index contributed by atoms with van der Waals surface area (Å²) in [6.07, 6.45) is 4.80. The molecule has 1 fully saturated rings. The van der Waals surface area contributed by atoms with Gasteiger partial charge in [-0.25, -0.2) is 0 Å². The topological polar surface area (TPSA) is 49.7 Å². The molecular weight excluding hydrogens is 258 g/mol. The highest BCUT2D eigenvalue weighted by Gasteiger charge is 2.21. The first-order chi connectivity index (χ1) is 9.24. The lowest BCUT2D eigenvalue weighted by atomic mass is 10.1. The molecule has 0 saturated carbocycles. The normalized spacial score (nSPS) is 19.9. The fourth-order valence-electron chi connectivity index (χ4n) is 2.64. The third-order valence-electron chi connectivity index (χ3n) is 3.61. The Morgan fingerprint density at radius 1 is 1.53 bits per heavy atom. The minimum atomic E-state index is 0.643. The van der Waals surface area contributed by atoms with Gasteiger partial charge >= 0.3 is 0 Å². The van der Waals surface area contributed by atoms with Gasteiger partial charge in [0.15, 0.2) is 10.6 Å². The number of likely N-dealkylation sites (tertiary alicyclic amines) is 1. The number of rotatable bonds is 3. The van der Waals surface area contributed by atoms with E-state index in [0.29, 0.717) is 10.7 Å². The lowest BCUT2D eigenvalue weighted by Gasteiger charge is -2.12. The molecule has 0 aliphatic carbocycles. The second-order valence-electron chi connectivity index (χ2n) is 5.12. The highest BCUT2D eigenvalue weighted by Crippen LogP contribution is 2.21. The van der Waals surface area contributed by atoms with E-state index in [1.54, 1.807) is 6.20 Å². The second-order valence-corrected chi connectivity index (χ2v) is 5.51. The summed E-state index contributed by atoms with van der Waals surface area (Å²) in [5.41, 5.74) is 1.00. The van der Waals surface area contributed by atoms with Crippen molar-refractivity contribution in [2.75, 3.05) is 20.1 Å². The van der Waals surface area contributed by atoms with Gasteiger partial charge in [-0.2, -0.15) is 5.10 Å². The molecule has 19 heavy (non-hydrogen) atoms. The van der Waals surface area contributed by atoms with E-state index < -0.39 is 0 Å². The number of hydrogen-bond donors (Lipinski definition) is 1. The average Bonchev–Trinajstić information content (AvgIpc) is 2.99. The number of aromatic amines is 1. The molecule has 3 rings (SSSR count). The van der Waals surface area contributed by atoms with E-state index in [2.05, 4.69) is 31.7 Å². The molecule has 5 nitrogen and oxygen atoms in total. The lowest BCUT2D eigenvalue weighted by molar-refractivity contribution is 0.378.